The van der Waals surface area contributed by atoms with Gasteiger partial charge in [-0.3, -0.25) is 9.59 Å². The molecule has 0 radical (unpaired) electrons. The minimum atomic E-state index is -0.573. The molecule has 2 rings (SSSR count). The van der Waals surface area contributed by atoms with E-state index in [-0.39, 0.29) is 23.4 Å². The van der Waals surface area contributed by atoms with Crippen molar-refractivity contribution in [1.29, 1.82) is 0 Å². The van der Waals surface area contributed by atoms with Crippen LogP contribution in [0.3, 0.4) is 0 Å². The zero-order valence-corrected chi connectivity index (χ0v) is 12.2. The summed E-state index contributed by atoms with van der Waals surface area (Å²) >= 11 is 0. The van der Waals surface area contributed by atoms with Crippen molar-refractivity contribution in [2.45, 2.75) is 19.4 Å². The number of carbonyl (C=O) groups is 2. The molecule has 0 spiro atoms. The Labute approximate surface area is 123 Å². The summed E-state index contributed by atoms with van der Waals surface area (Å²) in [5, 5.41) is 5.66. The highest BCUT2D eigenvalue weighted by atomic mass is 19.1. The van der Waals surface area contributed by atoms with Crippen LogP contribution in [0, 0.1) is 11.7 Å². The van der Waals surface area contributed by atoms with Crippen LogP contribution in [-0.4, -0.2) is 38.0 Å². The first-order chi connectivity index (χ1) is 10.0. The summed E-state index contributed by atoms with van der Waals surface area (Å²) in [5.41, 5.74) is 0.266. The smallest absolute Gasteiger partial charge is 0.249 e. The van der Waals surface area contributed by atoms with Crippen LogP contribution in [0.2, 0.25) is 0 Å². The first kappa shape index (κ1) is 15.4. The Balaban J connectivity index is 2.02. The summed E-state index contributed by atoms with van der Waals surface area (Å²) in [6, 6.07) is 5.59. The zero-order valence-electron chi connectivity index (χ0n) is 12.2. The Kier molecular flexibility index (Phi) is 4.90. The average Bonchev–Trinajstić information content (AvgIpc) is 2.81. The maximum atomic E-state index is 13.7. The lowest BCUT2D eigenvalue weighted by molar-refractivity contribution is -0.128. The van der Waals surface area contributed by atoms with Crippen LogP contribution >= 0.6 is 0 Å². The van der Waals surface area contributed by atoms with Crippen molar-refractivity contribution in [1.82, 2.24) is 10.6 Å². The van der Waals surface area contributed by atoms with Crippen molar-refractivity contribution >= 4 is 17.5 Å². The molecule has 1 aliphatic rings. The first-order valence-electron chi connectivity index (χ1n) is 7.05. The van der Waals surface area contributed by atoms with Gasteiger partial charge in [-0.2, -0.15) is 0 Å². The summed E-state index contributed by atoms with van der Waals surface area (Å²) in [6.45, 7) is 2.74. The highest BCUT2D eigenvalue weighted by Crippen LogP contribution is 2.24. The third-order valence-electron chi connectivity index (χ3n) is 3.62. The number of rotatable bonds is 5. The molecular weight excluding hydrogens is 273 g/mol. The van der Waals surface area contributed by atoms with E-state index in [9.17, 15) is 14.0 Å². The normalized spacial score (nSPS) is 19.7. The lowest BCUT2D eigenvalue weighted by atomic mass is 10.1. The van der Waals surface area contributed by atoms with E-state index >= 15 is 0 Å². The van der Waals surface area contributed by atoms with Crippen molar-refractivity contribution in [2.75, 3.05) is 25.0 Å². The summed E-state index contributed by atoms with van der Waals surface area (Å²) in [6.07, 6.45) is 0.491. The number of hydrogen-bond donors (Lipinski definition) is 2. The highest BCUT2D eigenvalue weighted by Gasteiger charge is 2.35. The number of benzene rings is 1. The molecule has 1 aromatic rings. The molecule has 1 fully saturated rings. The van der Waals surface area contributed by atoms with Gasteiger partial charge in [0.1, 0.15) is 11.9 Å². The number of amides is 2. The van der Waals surface area contributed by atoms with Crippen molar-refractivity contribution in [2.24, 2.45) is 5.92 Å². The van der Waals surface area contributed by atoms with Gasteiger partial charge in [0.15, 0.2) is 0 Å². The molecule has 1 saturated heterocycles. The molecule has 6 heteroatoms. The van der Waals surface area contributed by atoms with Crippen molar-refractivity contribution in [3.05, 3.63) is 30.1 Å². The number of carbonyl (C=O) groups excluding carboxylic acids is 2. The van der Waals surface area contributed by atoms with Crippen LogP contribution in [0.4, 0.5) is 10.1 Å². The molecule has 5 nitrogen and oxygen atoms in total. The molecule has 0 saturated carbocycles. The van der Waals surface area contributed by atoms with Gasteiger partial charge in [-0.1, -0.05) is 19.1 Å². The van der Waals surface area contributed by atoms with Crippen LogP contribution in [0.25, 0.3) is 0 Å². The maximum absolute atomic E-state index is 13.7. The van der Waals surface area contributed by atoms with E-state index in [0.717, 1.165) is 0 Å². The number of halogens is 1. The highest BCUT2D eigenvalue weighted by molar-refractivity contribution is 6.01. The lowest BCUT2D eigenvalue weighted by Crippen LogP contribution is -2.45. The molecule has 0 aliphatic carbocycles. The molecule has 21 heavy (non-hydrogen) atoms. The van der Waals surface area contributed by atoms with Crippen LogP contribution in [0.15, 0.2) is 24.3 Å². The van der Waals surface area contributed by atoms with Crippen molar-refractivity contribution in [3.8, 4) is 0 Å². The van der Waals surface area contributed by atoms with E-state index in [1.54, 1.807) is 32.2 Å². The van der Waals surface area contributed by atoms with Crippen molar-refractivity contribution in [3.63, 3.8) is 0 Å². The van der Waals surface area contributed by atoms with Crippen molar-refractivity contribution < 1.29 is 14.0 Å². The van der Waals surface area contributed by atoms with Gasteiger partial charge in [-0.25, -0.2) is 4.39 Å². The monoisotopic (exact) mass is 293 g/mol. The minimum Gasteiger partial charge on any atom is -0.344 e. The van der Waals surface area contributed by atoms with Crippen LogP contribution < -0.4 is 15.5 Å². The summed E-state index contributed by atoms with van der Waals surface area (Å²) in [7, 11) is 1.77. The molecule has 1 aromatic carbocycles. The molecular formula is C15H20FN3O2. The van der Waals surface area contributed by atoms with Gasteiger partial charge in [0.05, 0.1) is 5.69 Å². The van der Waals surface area contributed by atoms with E-state index in [1.165, 1.54) is 11.0 Å². The Bertz CT molecular complexity index is 535. The molecule has 1 heterocycles. The van der Waals surface area contributed by atoms with E-state index in [1.807, 2.05) is 0 Å². The second-order valence-corrected chi connectivity index (χ2v) is 5.25. The van der Waals surface area contributed by atoms with E-state index < -0.39 is 11.9 Å². The fourth-order valence-corrected chi connectivity index (χ4v) is 2.44. The van der Waals surface area contributed by atoms with Gasteiger partial charge < -0.3 is 15.5 Å². The van der Waals surface area contributed by atoms with E-state index in [0.29, 0.717) is 19.5 Å². The second kappa shape index (κ2) is 6.67. The number of nitrogens with one attached hydrogen (secondary N) is 2. The van der Waals surface area contributed by atoms with E-state index in [2.05, 4.69) is 10.6 Å². The topological polar surface area (TPSA) is 61.4 Å². The Morgan fingerprint density at radius 1 is 1.48 bits per heavy atom. The number of para-hydroxylation sites is 1. The first-order valence-corrected chi connectivity index (χ1v) is 7.05. The zero-order chi connectivity index (χ0) is 15.4. The Morgan fingerprint density at radius 2 is 2.19 bits per heavy atom. The SMILES string of the molecule is CNCC(C)C(=O)NC1CCN(c2ccccc2F)C1=O. The van der Waals surface area contributed by atoms with Crippen LogP contribution in [0.5, 0.6) is 0 Å². The molecule has 0 bridgehead atoms. The predicted molar refractivity (Wildman–Crippen MR) is 78.4 cm³/mol. The summed E-state index contributed by atoms with van der Waals surface area (Å²) < 4.78 is 13.7. The fourth-order valence-electron chi connectivity index (χ4n) is 2.44. The quantitative estimate of drug-likeness (QED) is 0.848. The third-order valence-corrected chi connectivity index (χ3v) is 3.62. The molecule has 2 amide bonds. The number of nitrogens with zero attached hydrogens (tertiary/aromatic N) is 1. The molecule has 114 valence electrons. The molecule has 1 aliphatic heterocycles. The summed E-state index contributed by atoms with van der Waals surface area (Å²) in [5.74, 6) is -1.07. The lowest BCUT2D eigenvalue weighted by Gasteiger charge is -2.19. The standard InChI is InChI=1S/C15H20FN3O2/c1-10(9-17-2)14(20)18-12-7-8-19(15(12)21)13-6-4-3-5-11(13)16/h3-6,10,12,17H,7-9H2,1-2H3,(H,18,20). The molecule has 2 N–H and O–H groups in total. The number of hydrogen-bond acceptors (Lipinski definition) is 3. The van der Waals surface area contributed by atoms with Crippen LogP contribution in [-0.2, 0) is 9.59 Å². The average molecular weight is 293 g/mol. The maximum Gasteiger partial charge on any atom is 0.249 e. The second-order valence-electron chi connectivity index (χ2n) is 5.25. The van der Waals surface area contributed by atoms with Gasteiger partial charge in [-0.15, -0.1) is 0 Å². The van der Waals surface area contributed by atoms with Crippen LogP contribution in [0.1, 0.15) is 13.3 Å². The van der Waals surface area contributed by atoms with Gasteiger partial charge in [-0.05, 0) is 25.6 Å². The Morgan fingerprint density at radius 3 is 2.86 bits per heavy atom. The van der Waals surface area contributed by atoms with Gasteiger partial charge in [0, 0.05) is 19.0 Å². The van der Waals surface area contributed by atoms with Gasteiger partial charge >= 0.3 is 0 Å². The molecule has 2 unspecified atom stereocenters. The largest absolute Gasteiger partial charge is 0.344 e. The minimum absolute atomic E-state index is 0.168. The van der Waals surface area contributed by atoms with Gasteiger partial charge in [0.2, 0.25) is 11.8 Å². The number of anilines is 1. The molecule has 0 aromatic heterocycles. The third kappa shape index (κ3) is 3.39. The Hall–Kier alpha value is -1.95. The predicted octanol–water partition coefficient (Wildman–Crippen LogP) is 0.903. The molecule has 2 atom stereocenters. The van der Waals surface area contributed by atoms with Gasteiger partial charge in [0.25, 0.3) is 0 Å². The fraction of sp³-hybridized carbons (Fsp3) is 0.467. The summed E-state index contributed by atoms with van der Waals surface area (Å²) in [4.78, 5) is 25.6. The van der Waals surface area contributed by atoms with E-state index in [4.69, 9.17) is 0 Å².